The summed E-state index contributed by atoms with van der Waals surface area (Å²) < 4.78 is 25.5. The number of aryl methyl sites for hydroxylation is 1. The van der Waals surface area contributed by atoms with Gasteiger partial charge in [-0.2, -0.15) is 0 Å². The average Bonchev–Trinajstić information content (AvgIpc) is 2.33. The Morgan fingerprint density at radius 2 is 2.27 bits per heavy atom. The monoisotopic (exact) mass is 161 g/mol. The third kappa shape index (κ3) is 1.54. The minimum Gasteiger partial charge on any atom is -0.337 e. The number of hydrogen-bond acceptors (Lipinski definition) is 2. The molecule has 0 saturated carbocycles. The van der Waals surface area contributed by atoms with Crippen LogP contribution in [0.25, 0.3) is 0 Å². The van der Waals surface area contributed by atoms with Crippen molar-refractivity contribution in [1.29, 1.82) is 0 Å². The number of nitrogens with two attached hydrogens (primary N) is 1. The lowest BCUT2D eigenvalue weighted by Gasteiger charge is -2.09. The van der Waals surface area contributed by atoms with Crippen molar-refractivity contribution in [2.24, 2.45) is 12.8 Å². The second kappa shape index (κ2) is 2.96. The van der Waals surface area contributed by atoms with Crippen LogP contribution in [0.3, 0.4) is 0 Å². The maximum absolute atomic E-state index is 12.0. The molecule has 1 rings (SSSR count). The highest BCUT2D eigenvalue weighted by molar-refractivity contribution is 4.98. The largest absolute Gasteiger partial charge is 0.337 e. The summed E-state index contributed by atoms with van der Waals surface area (Å²) >= 11 is 0. The number of rotatable bonds is 2. The van der Waals surface area contributed by atoms with E-state index in [9.17, 15) is 8.78 Å². The van der Waals surface area contributed by atoms with Gasteiger partial charge in [-0.1, -0.05) is 0 Å². The SMILES string of the molecule is Cn1ccnc1C(N)C(F)F. The van der Waals surface area contributed by atoms with Crippen molar-refractivity contribution in [3.8, 4) is 0 Å². The number of aromatic nitrogens is 2. The minimum atomic E-state index is -2.56. The van der Waals surface area contributed by atoms with E-state index in [1.165, 1.54) is 10.8 Å². The first-order chi connectivity index (χ1) is 5.13. The summed E-state index contributed by atoms with van der Waals surface area (Å²) in [5.74, 6) is 0.208. The maximum Gasteiger partial charge on any atom is 0.260 e. The fraction of sp³-hybridized carbons (Fsp3) is 0.500. The molecule has 0 spiro atoms. The molecular weight excluding hydrogens is 152 g/mol. The van der Waals surface area contributed by atoms with Crippen molar-refractivity contribution in [3.63, 3.8) is 0 Å². The molecule has 5 heteroatoms. The van der Waals surface area contributed by atoms with Crippen LogP contribution in [0.2, 0.25) is 0 Å². The van der Waals surface area contributed by atoms with Crippen LogP contribution in [0.4, 0.5) is 8.78 Å². The molecule has 0 fully saturated rings. The van der Waals surface area contributed by atoms with E-state index in [2.05, 4.69) is 4.98 Å². The van der Waals surface area contributed by atoms with E-state index < -0.39 is 12.5 Å². The van der Waals surface area contributed by atoms with Crippen LogP contribution in [0.1, 0.15) is 11.9 Å². The number of hydrogen-bond donors (Lipinski definition) is 1. The zero-order valence-electron chi connectivity index (χ0n) is 6.04. The predicted octanol–water partition coefficient (Wildman–Crippen LogP) is 0.685. The van der Waals surface area contributed by atoms with Crippen LogP contribution in [-0.4, -0.2) is 16.0 Å². The molecule has 0 radical (unpaired) electrons. The molecule has 0 aromatic carbocycles. The molecule has 0 aliphatic rings. The van der Waals surface area contributed by atoms with Crippen molar-refractivity contribution in [2.75, 3.05) is 0 Å². The third-order valence-corrected chi connectivity index (χ3v) is 1.43. The molecule has 62 valence electrons. The number of alkyl halides is 2. The summed E-state index contributed by atoms with van der Waals surface area (Å²) in [6.07, 6.45) is 0.464. The molecule has 1 unspecified atom stereocenters. The lowest BCUT2D eigenvalue weighted by Crippen LogP contribution is -2.22. The molecule has 1 aromatic rings. The second-order valence-corrected chi connectivity index (χ2v) is 2.26. The van der Waals surface area contributed by atoms with E-state index in [1.54, 1.807) is 13.2 Å². The molecule has 3 nitrogen and oxygen atoms in total. The van der Waals surface area contributed by atoms with Gasteiger partial charge >= 0.3 is 0 Å². The standard InChI is InChI=1S/C6H9F2N3/c1-11-3-2-10-6(11)4(9)5(7)8/h2-5H,9H2,1H3. The summed E-state index contributed by atoms with van der Waals surface area (Å²) in [6.45, 7) is 0. The van der Waals surface area contributed by atoms with Gasteiger partial charge in [0.25, 0.3) is 6.43 Å². The molecule has 1 atom stereocenters. The van der Waals surface area contributed by atoms with Gasteiger partial charge in [-0.15, -0.1) is 0 Å². The molecule has 0 aliphatic carbocycles. The molecule has 0 aliphatic heterocycles. The van der Waals surface area contributed by atoms with Gasteiger partial charge in [0.15, 0.2) is 0 Å². The normalized spacial score (nSPS) is 13.9. The van der Waals surface area contributed by atoms with Gasteiger partial charge in [-0.25, -0.2) is 13.8 Å². The Bertz CT molecular complexity index is 233. The first-order valence-corrected chi connectivity index (χ1v) is 3.14. The Hall–Kier alpha value is -0.970. The number of imidazole rings is 1. The first kappa shape index (κ1) is 8.13. The number of halogens is 2. The maximum atomic E-state index is 12.0. The van der Waals surface area contributed by atoms with Gasteiger partial charge in [-0.3, -0.25) is 0 Å². The molecule has 11 heavy (non-hydrogen) atoms. The smallest absolute Gasteiger partial charge is 0.260 e. The summed E-state index contributed by atoms with van der Waals surface area (Å²) in [5, 5.41) is 0. The number of nitrogens with zero attached hydrogens (tertiary/aromatic N) is 2. The molecule has 1 heterocycles. The van der Waals surface area contributed by atoms with Crippen molar-refractivity contribution < 1.29 is 8.78 Å². The zero-order valence-corrected chi connectivity index (χ0v) is 6.04. The second-order valence-electron chi connectivity index (χ2n) is 2.26. The topological polar surface area (TPSA) is 43.8 Å². The van der Waals surface area contributed by atoms with Crippen molar-refractivity contribution >= 4 is 0 Å². The van der Waals surface area contributed by atoms with Gasteiger partial charge in [0.2, 0.25) is 0 Å². The molecule has 0 saturated heterocycles. The van der Waals surface area contributed by atoms with Crippen molar-refractivity contribution in [3.05, 3.63) is 18.2 Å². The van der Waals surface area contributed by atoms with Crippen LogP contribution >= 0.6 is 0 Å². The zero-order chi connectivity index (χ0) is 8.43. The van der Waals surface area contributed by atoms with Crippen LogP contribution in [0, 0.1) is 0 Å². The molecule has 1 aromatic heterocycles. The predicted molar refractivity (Wildman–Crippen MR) is 36.1 cm³/mol. The molecule has 0 bridgehead atoms. The molecule has 0 amide bonds. The van der Waals surface area contributed by atoms with Gasteiger partial charge in [-0.05, 0) is 0 Å². The highest BCUT2D eigenvalue weighted by atomic mass is 19.3. The lowest BCUT2D eigenvalue weighted by atomic mass is 10.3. The van der Waals surface area contributed by atoms with Crippen LogP contribution in [0.15, 0.2) is 12.4 Å². The summed E-state index contributed by atoms with van der Waals surface area (Å²) in [4.78, 5) is 3.69. The quantitative estimate of drug-likeness (QED) is 0.693. The Morgan fingerprint density at radius 3 is 2.64 bits per heavy atom. The van der Waals surface area contributed by atoms with Gasteiger partial charge in [0, 0.05) is 19.4 Å². The lowest BCUT2D eigenvalue weighted by molar-refractivity contribution is 0.111. The van der Waals surface area contributed by atoms with Gasteiger partial charge in [0.05, 0.1) is 0 Å². The Labute approximate surface area is 62.8 Å². The van der Waals surface area contributed by atoms with Crippen LogP contribution < -0.4 is 5.73 Å². The molecular formula is C6H9F2N3. The van der Waals surface area contributed by atoms with E-state index >= 15 is 0 Å². The van der Waals surface area contributed by atoms with Gasteiger partial charge < -0.3 is 10.3 Å². The van der Waals surface area contributed by atoms with E-state index in [0.717, 1.165) is 0 Å². The summed E-state index contributed by atoms with van der Waals surface area (Å²) in [7, 11) is 1.63. The Balaban J connectivity index is 2.84. The summed E-state index contributed by atoms with van der Waals surface area (Å²) in [5.41, 5.74) is 5.15. The van der Waals surface area contributed by atoms with E-state index in [1.807, 2.05) is 0 Å². The first-order valence-electron chi connectivity index (χ1n) is 3.14. The minimum absolute atomic E-state index is 0.208. The van der Waals surface area contributed by atoms with Crippen LogP contribution in [-0.2, 0) is 7.05 Å². The average molecular weight is 161 g/mol. The fourth-order valence-electron chi connectivity index (χ4n) is 0.811. The van der Waals surface area contributed by atoms with E-state index in [4.69, 9.17) is 5.73 Å². The Morgan fingerprint density at radius 1 is 1.64 bits per heavy atom. The fourth-order valence-corrected chi connectivity index (χ4v) is 0.811. The Kier molecular flexibility index (Phi) is 2.19. The summed E-state index contributed by atoms with van der Waals surface area (Å²) in [6, 6.07) is -1.28. The molecule has 2 N–H and O–H groups in total. The van der Waals surface area contributed by atoms with Crippen molar-refractivity contribution in [1.82, 2.24) is 9.55 Å². The highest BCUT2D eigenvalue weighted by Gasteiger charge is 2.20. The third-order valence-electron chi connectivity index (χ3n) is 1.43. The van der Waals surface area contributed by atoms with E-state index in [0.29, 0.717) is 0 Å². The highest BCUT2D eigenvalue weighted by Crippen LogP contribution is 2.14. The van der Waals surface area contributed by atoms with Gasteiger partial charge in [0.1, 0.15) is 11.9 Å². The van der Waals surface area contributed by atoms with E-state index in [-0.39, 0.29) is 5.82 Å². The van der Waals surface area contributed by atoms with Crippen molar-refractivity contribution in [2.45, 2.75) is 12.5 Å². The van der Waals surface area contributed by atoms with Crippen LogP contribution in [0.5, 0.6) is 0 Å².